The summed E-state index contributed by atoms with van der Waals surface area (Å²) >= 11 is 0. The van der Waals surface area contributed by atoms with Gasteiger partial charge in [-0.2, -0.15) is 0 Å². The molecule has 0 aliphatic carbocycles. The van der Waals surface area contributed by atoms with E-state index in [9.17, 15) is 4.79 Å². The Morgan fingerprint density at radius 3 is 2.85 bits per heavy atom. The van der Waals surface area contributed by atoms with Crippen LogP contribution in [0.25, 0.3) is 11.5 Å². The topological polar surface area (TPSA) is 87.4 Å². The predicted molar refractivity (Wildman–Crippen MR) is 75.5 cm³/mol. The second kappa shape index (κ2) is 6.21. The number of aliphatic hydroxyl groups excluding tert-OH is 1. The van der Waals surface area contributed by atoms with E-state index in [1.165, 1.54) is 0 Å². The van der Waals surface area contributed by atoms with Gasteiger partial charge in [-0.25, -0.2) is 9.78 Å². The molecule has 0 bridgehead atoms. The summed E-state index contributed by atoms with van der Waals surface area (Å²) in [6, 6.07) is 5.22. The van der Waals surface area contributed by atoms with Crippen molar-refractivity contribution in [2.45, 2.75) is 13.8 Å². The first-order valence-corrected chi connectivity index (χ1v) is 6.29. The maximum Gasteiger partial charge on any atom is 0.319 e. The summed E-state index contributed by atoms with van der Waals surface area (Å²) in [7, 11) is 0. The van der Waals surface area contributed by atoms with Gasteiger partial charge in [-0.05, 0) is 31.5 Å². The molecule has 6 heteroatoms. The largest absolute Gasteiger partial charge is 0.444 e. The van der Waals surface area contributed by atoms with Gasteiger partial charge >= 0.3 is 6.03 Å². The Bertz CT molecular complexity index is 607. The van der Waals surface area contributed by atoms with Crippen LogP contribution in [0.4, 0.5) is 10.5 Å². The van der Waals surface area contributed by atoms with Crippen LogP contribution < -0.4 is 10.6 Å². The molecule has 1 heterocycles. The van der Waals surface area contributed by atoms with Crippen LogP contribution in [-0.2, 0) is 0 Å². The number of nitrogens with zero attached hydrogens (tertiary/aromatic N) is 1. The minimum Gasteiger partial charge on any atom is -0.444 e. The highest BCUT2D eigenvalue weighted by molar-refractivity contribution is 5.90. The molecule has 0 saturated carbocycles. The van der Waals surface area contributed by atoms with E-state index in [4.69, 9.17) is 9.52 Å². The molecule has 2 amide bonds. The maximum atomic E-state index is 11.6. The molecule has 0 saturated heterocycles. The van der Waals surface area contributed by atoms with Crippen LogP contribution in [-0.4, -0.2) is 29.3 Å². The van der Waals surface area contributed by atoms with E-state index in [0.717, 1.165) is 16.8 Å². The molecule has 0 aliphatic heterocycles. The summed E-state index contributed by atoms with van der Waals surface area (Å²) in [5.41, 5.74) is 3.20. The average Bonchev–Trinajstić information content (AvgIpc) is 2.85. The van der Waals surface area contributed by atoms with E-state index in [1.807, 2.05) is 26.0 Å². The van der Waals surface area contributed by atoms with E-state index in [1.54, 1.807) is 12.3 Å². The number of amides is 2. The average molecular weight is 275 g/mol. The Balaban J connectivity index is 2.18. The molecule has 0 fully saturated rings. The molecule has 3 N–H and O–H groups in total. The van der Waals surface area contributed by atoms with Gasteiger partial charge in [-0.15, -0.1) is 0 Å². The second-order valence-corrected chi connectivity index (χ2v) is 4.43. The zero-order valence-electron chi connectivity index (χ0n) is 11.4. The standard InChI is InChI=1S/C14H17N3O3/c1-9-3-4-11(13-16-10(2)8-20-13)7-12(9)17-14(19)15-5-6-18/h3-4,7-8,18H,5-6H2,1-2H3,(H2,15,17,19). The summed E-state index contributed by atoms with van der Waals surface area (Å²) < 4.78 is 5.34. The van der Waals surface area contributed by atoms with Crippen LogP contribution in [0.15, 0.2) is 28.9 Å². The van der Waals surface area contributed by atoms with Crippen LogP contribution in [0.2, 0.25) is 0 Å². The van der Waals surface area contributed by atoms with Crippen molar-refractivity contribution in [3.8, 4) is 11.5 Å². The quantitative estimate of drug-likeness (QED) is 0.797. The smallest absolute Gasteiger partial charge is 0.319 e. The molecule has 6 nitrogen and oxygen atoms in total. The highest BCUT2D eigenvalue weighted by atomic mass is 16.3. The third-order valence-electron chi connectivity index (χ3n) is 2.75. The van der Waals surface area contributed by atoms with Crippen LogP contribution in [0, 0.1) is 13.8 Å². The van der Waals surface area contributed by atoms with Gasteiger partial charge in [0.2, 0.25) is 5.89 Å². The molecule has 0 atom stereocenters. The monoisotopic (exact) mass is 275 g/mol. The van der Waals surface area contributed by atoms with Crippen LogP contribution in [0.3, 0.4) is 0 Å². The molecular formula is C14H17N3O3. The first-order valence-electron chi connectivity index (χ1n) is 6.29. The highest BCUT2D eigenvalue weighted by Crippen LogP contribution is 2.24. The molecule has 106 valence electrons. The van der Waals surface area contributed by atoms with E-state index < -0.39 is 0 Å². The number of hydrogen-bond acceptors (Lipinski definition) is 4. The number of aryl methyl sites for hydroxylation is 2. The number of carbonyl (C=O) groups is 1. The van der Waals surface area contributed by atoms with Crippen LogP contribution in [0.1, 0.15) is 11.3 Å². The van der Waals surface area contributed by atoms with Crippen molar-refractivity contribution < 1.29 is 14.3 Å². The van der Waals surface area contributed by atoms with Crippen molar-refractivity contribution in [3.63, 3.8) is 0 Å². The Labute approximate surface area is 116 Å². The molecule has 0 radical (unpaired) electrons. The van der Waals surface area contributed by atoms with Gasteiger partial charge < -0.3 is 20.2 Å². The lowest BCUT2D eigenvalue weighted by Crippen LogP contribution is -2.31. The molecule has 1 aromatic heterocycles. The number of benzene rings is 1. The minimum atomic E-state index is -0.358. The lowest BCUT2D eigenvalue weighted by Gasteiger charge is -2.10. The molecule has 0 spiro atoms. The number of anilines is 1. The van der Waals surface area contributed by atoms with Gasteiger partial charge in [0.05, 0.1) is 12.3 Å². The molecule has 20 heavy (non-hydrogen) atoms. The van der Waals surface area contributed by atoms with Crippen molar-refractivity contribution >= 4 is 11.7 Å². The van der Waals surface area contributed by atoms with Crippen molar-refractivity contribution in [1.29, 1.82) is 0 Å². The lowest BCUT2D eigenvalue weighted by molar-refractivity contribution is 0.245. The molecule has 0 aliphatic rings. The normalized spacial score (nSPS) is 10.3. The van der Waals surface area contributed by atoms with Gasteiger partial charge in [0, 0.05) is 17.8 Å². The van der Waals surface area contributed by atoms with Gasteiger partial charge in [-0.3, -0.25) is 0 Å². The second-order valence-electron chi connectivity index (χ2n) is 4.43. The Morgan fingerprint density at radius 2 is 2.20 bits per heavy atom. The van der Waals surface area contributed by atoms with Gasteiger partial charge in [0.15, 0.2) is 0 Å². The predicted octanol–water partition coefficient (Wildman–Crippen LogP) is 2.07. The Morgan fingerprint density at radius 1 is 1.40 bits per heavy atom. The minimum absolute atomic E-state index is 0.0952. The Hall–Kier alpha value is -2.34. The summed E-state index contributed by atoms with van der Waals surface area (Å²) in [6.07, 6.45) is 1.58. The fourth-order valence-electron chi connectivity index (χ4n) is 1.71. The van der Waals surface area contributed by atoms with Crippen molar-refractivity contribution in [2.24, 2.45) is 0 Å². The number of aliphatic hydroxyl groups is 1. The summed E-state index contributed by atoms with van der Waals surface area (Å²) in [6.45, 7) is 3.86. The fraction of sp³-hybridized carbons (Fsp3) is 0.286. The molecule has 2 rings (SSSR count). The van der Waals surface area contributed by atoms with Crippen LogP contribution >= 0.6 is 0 Å². The lowest BCUT2D eigenvalue weighted by atomic mass is 10.1. The number of aromatic nitrogens is 1. The number of urea groups is 1. The zero-order chi connectivity index (χ0) is 14.5. The first kappa shape index (κ1) is 14.1. The first-order chi connectivity index (χ1) is 9.60. The van der Waals surface area contributed by atoms with Crippen molar-refractivity contribution in [1.82, 2.24) is 10.3 Å². The SMILES string of the molecule is Cc1coc(-c2ccc(C)c(NC(=O)NCCO)c2)n1. The van der Waals surface area contributed by atoms with Gasteiger partial charge in [0.1, 0.15) is 6.26 Å². The molecule has 2 aromatic rings. The third-order valence-corrected chi connectivity index (χ3v) is 2.75. The van der Waals surface area contributed by atoms with E-state index in [2.05, 4.69) is 15.6 Å². The molecular weight excluding hydrogens is 258 g/mol. The van der Waals surface area contributed by atoms with Gasteiger partial charge in [-0.1, -0.05) is 6.07 Å². The summed E-state index contributed by atoms with van der Waals surface area (Å²) in [5, 5.41) is 13.9. The summed E-state index contributed by atoms with van der Waals surface area (Å²) in [4.78, 5) is 15.9. The fourth-order valence-corrected chi connectivity index (χ4v) is 1.71. The van der Waals surface area contributed by atoms with E-state index >= 15 is 0 Å². The van der Waals surface area contributed by atoms with E-state index in [0.29, 0.717) is 11.6 Å². The van der Waals surface area contributed by atoms with Crippen molar-refractivity contribution in [3.05, 3.63) is 35.7 Å². The Kier molecular flexibility index (Phi) is 4.37. The number of carbonyl (C=O) groups excluding carboxylic acids is 1. The molecule has 1 aromatic carbocycles. The maximum absolute atomic E-state index is 11.6. The third kappa shape index (κ3) is 3.36. The van der Waals surface area contributed by atoms with Crippen molar-refractivity contribution in [2.75, 3.05) is 18.5 Å². The number of nitrogens with one attached hydrogen (secondary N) is 2. The number of oxazole rings is 1. The summed E-state index contributed by atoms with van der Waals surface area (Å²) in [5.74, 6) is 0.515. The number of hydrogen-bond donors (Lipinski definition) is 3. The van der Waals surface area contributed by atoms with Crippen LogP contribution in [0.5, 0.6) is 0 Å². The zero-order valence-corrected chi connectivity index (χ0v) is 11.4. The molecule has 0 unspecified atom stereocenters. The highest BCUT2D eigenvalue weighted by Gasteiger charge is 2.09. The number of rotatable bonds is 4. The van der Waals surface area contributed by atoms with Gasteiger partial charge in [0.25, 0.3) is 0 Å². The van der Waals surface area contributed by atoms with E-state index in [-0.39, 0.29) is 19.2 Å².